The van der Waals surface area contributed by atoms with Crippen molar-refractivity contribution in [1.29, 1.82) is 0 Å². The van der Waals surface area contributed by atoms with Gasteiger partial charge in [-0.25, -0.2) is 9.59 Å². The van der Waals surface area contributed by atoms with Crippen molar-refractivity contribution >= 4 is 23.8 Å². The maximum Gasteiger partial charge on any atom is 0.407 e. The minimum atomic E-state index is -0.454. The number of carbonyl (C=O) groups is 2. The molecule has 6 nitrogen and oxygen atoms in total. The van der Waals surface area contributed by atoms with Gasteiger partial charge in [-0.2, -0.15) is 0 Å². The average molecular weight is 368 g/mol. The molecule has 0 radical (unpaired) electrons. The molecule has 27 heavy (non-hydrogen) atoms. The van der Waals surface area contributed by atoms with E-state index in [1.165, 1.54) is 0 Å². The Balaban J connectivity index is 1.75. The number of ether oxygens (including phenoxy) is 2. The summed E-state index contributed by atoms with van der Waals surface area (Å²) in [5.74, 6) is -0.437. The number of esters is 1. The molecule has 0 aliphatic heterocycles. The summed E-state index contributed by atoms with van der Waals surface area (Å²) in [5, 5.41) is 2.69. The second kappa shape index (κ2) is 10.7. The van der Waals surface area contributed by atoms with Gasteiger partial charge in [0.1, 0.15) is 6.61 Å². The number of rotatable bonds is 8. The van der Waals surface area contributed by atoms with E-state index in [0.29, 0.717) is 30.8 Å². The summed E-state index contributed by atoms with van der Waals surface area (Å²) >= 11 is 0. The second-order valence-electron chi connectivity index (χ2n) is 5.75. The highest BCUT2D eigenvalue weighted by Crippen LogP contribution is 2.16. The number of carbonyl (C=O) groups excluding carboxylic acids is 2. The van der Waals surface area contributed by atoms with Gasteiger partial charge in [0, 0.05) is 12.2 Å². The first-order valence-corrected chi connectivity index (χ1v) is 8.78. The van der Waals surface area contributed by atoms with E-state index in [2.05, 4.69) is 5.32 Å². The van der Waals surface area contributed by atoms with Crippen molar-refractivity contribution < 1.29 is 19.1 Å². The zero-order chi connectivity index (χ0) is 19.5. The molecule has 0 heterocycles. The van der Waals surface area contributed by atoms with Crippen molar-refractivity contribution in [3.63, 3.8) is 0 Å². The molecule has 0 spiro atoms. The number of hydrogen-bond acceptors (Lipinski definition) is 5. The fourth-order valence-corrected chi connectivity index (χ4v) is 2.31. The van der Waals surface area contributed by atoms with Crippen molar-refractivity contribution in [3.8, 4) is 0 Å². The van der Waals surface area contributed by atoms with E-state index >= 15 is 0 Å². The van der Waals surface area contributed by atoms with E-state index in [4.69, 9.17) is 15.2 Å². The van der Waals surface area contributed by atoms with E-state index in [1.807, 2.05) is 48.6 Å². The van der Waals surface area contributed by atoms with Crippen LogP contribution >= 0.6 is 0 Å². The topological polar surface area (TPSA) is 90.6 Å². The summed E-state index contributed by atoms with van der Waals surface area (Å²) in [4.78, 5) is 23.5. The van der Waals surface area contributed by atoms with E-state index in [9.17, 15) is 9.59 Å². The lowest BCUT2D eigenvalue weighted by Gasteiger charge is -2.07. The molecule has 2 rings (SSSR count). The van der Waals surface area contributed by atoms with Crippen LogP contribution in [0.25, 0.3) is 6.08 Å². The van der Waals surface area contributed by atoms with Crippen molar-refractivity contribution in [2.45, 2.75) is 20.0 Å². The number of nitrogens with two attached hydrogens (primary N) is 1. The van der Waals surface area contributed by atoms with Crippen LogP contribution in [-0.2, 0) is 16.1 Å². The van der Waals surface area contributed by atoms with Gasteiger partial charge in [0.15, 0.2) is 0 Å². The highest BCUT2D eigenvalue weighted by Gasteiger charge is 2.10. The minimum absolute atomic E-state index is 0.241. The molecular formula is C21H24N2O4. The Morgan fingerprint density at radius 3 is 2.63 bits per heavy atom. The number of amides is 1. The maximum absolute atomic E-state index is 11.8. The summed E-state index contributed by atoms with van der Waals surface area (Å²) < 4.78 is 10.1. The molecule has 0 saturated carbocycles. The molecule has 0 fully saturated rings. The highest BCUT2D eigenvalue weighted by atomic mass is 16.5. The first-order valence-electron chi connectivity index (χ1n) is 8.78. The number of alkyl carbamates (subject to hydrolysis) is 1. The zero-order valence-electron chi connectivity index (χ0n) is 15.3. The standard InChI is InChI=1S/C21H24N2O4/c1-2-26-20(24)18-14-16(11-12-19(18)22)8-6-7-13-23-21(25)27-15-17-9-4-3-5-10-17/h3-6,8-12,14H,2,7,13,15,22H2,1H3,(H,23,25). The molecule has 2 aromatic carbocycles. The molecule has 6 heteroatoms. The minimum Gasteiger partial charge on any atom is -0.462 e. The molecule has 2 aromatic rings. The van der Waals surface area contributed by atoms with Gasteiger partial charge in [-0.15, -0.1) is 0 Å². The third-order valence-electron chi connectivity index (χ3n) is 3.68. The van der Waals surface area contributed by atoms with E-state index in [1.54, 1.807) is 19.1 Å². The van der Waals surface area contributed by atoms with Gasteiger partial charge in [-0.3, -0.25) is 0 Å². The maximum atomic E-state index is 11.8. The van der Waals surface area contributed by atoms with Crippen LogP contribution in [0, 0.1) is 0 Å². The van der Waals surface area contributed by atoms with Crippen molar-refractivity contribution in [3.05, 3.63) is 71.3 Å². The molecule has 0 bridgehead atoms. The molecule has 142 valence electrons. The van der Waals surface area contributed by atoms with Crippen LogP contribution in [0.4, 0.5) is 10.5 Å². The zero-order valence-corrected chi connectivity index (χ0v) is 15.3. The predicted octanol–water partition coefficient (Wildman–Crippen LogP) is 3.78. The van der Waals surface area contributed by atoms with Crippen LogP contribution in [0.15, 0.2) is 54.6 Å². The van der Waals surface area contributed by atoms with Gasteiger partial charge >= 0.3 is 12.1 Å². The van der Waals surface area contributed by atoms with Crippen LogP contribution in [0.5, 0.6) is 0 Å². The Hall–Kier alpha value is -3.28. The molecule has 0 aliphatic rings. The Morgan fingerprint density at radius 1 is 1.11 bits per heavy atom. The monoisotopic (exact) mass is 368 g/mol. The lowest BCUT2D eigenvalue weighted by Crippen LogP contribution is -2.24. The first-order chi connectivity index (χ1) is 13.1. The number of anilines is 1. The van der Waals surface area contributed by atoms with Gasteiger partial charge in [-0.1, -0.05) is 48.6 Å². The summed E-state index contributed by atoms with van der Waals surface area (Å²) in [5.41, 5.74) is 8.32. The van der Waals surface area contributed by atoms with Crippen molar-refractivity contribution in [2.24, 2.45) is 0 Å². The van der Waals surface area contributed by atoms with Crippen molar-refractivity contribution in [2.75, 3.05) is 18.9 Å². The Bertz CT molecular complexity index is 788. The fraction of sp³-hybridized carbons (Fsp3) is 0.238. The summed E-state index contributed by atoms with van der Waals surface area (Å²) in [6, 6.07) is 14.7. The van der Waals surface area contributed by atoms with Gasteiger partial charge in [0.2, 0.25) is 0 Å². The summed E-state index contributed by atoms with van der Waals surface area (Å²) in [6.45, 7) is 2.73. The molecule has 0 unspecified atom stereocenters. The highest BCUT2D eigenvalue weighted by molar-refractivity contribution is 5.95. The molecule has 0 atom stereocenters. The molecule has 0 saturated heterocycles. The molecule has 3 N–H and O–H groups in total. The number of benzene rings is 2. The van der Waals surface area contributed by atoms with Gasteiger partial charge < -0.3 is 20.5 Å². The molecule has 0 aromatic heterocycles. The largest absolute Gasteiger partial charge is 0.462 e. The normalized spacial score (nSPS) is 10.6. The van der Waals surface area contributed by atoms with E-state index < -0.39 is 12.1 Å². The van der Waals surface area contributed by atoms with Crippen LogP contribution in [0.3, 0.4) is 0 Å². The molecule has 1 amide bonds. The van der Waals surface area contributed by atoms with Gasteiger partial charge in [-0.05, 0) is 36.6 Å². The van der Waals surface area contributed by atoms with E-state index in [0.717, 1.165) is 11.1 Å². The van der Waals surface area contributed by atoms with Crippen LogP contribution < -0.4 is 11.1 Å². The lowest BCUT2D eigenvalue weighted by molar-refractivity contribution is 0.0527. The number of nitrogen functional groups attached to an aromatic ring is 1. The van der Waals surface area contributed by atoms with Crippen molar-refractivity contribution in [1.82, 2.24) is 5.32 Å². The first kappa shape index (κ1) is 20.0. The van der Waals surface area contributed by atoms with Gasteiger partial charge in [0.25, 0.3) is 0 Å². The molecular weight excluding hydrogens is 344 g/mol. The quantitative estimate of drug-likeness (QED) is 0.420. The Labute approximate surface area is 159 Å². The Kier molecular flexibility index (Phi) is 7.91. The number of nitrogens with one attached hydrogen (secondary N) is 1. The number of hydrogen-bond donors (Lipinski definition) is 2. The SMILES string of the molecule is CCOC(=O)c1cc(C=CCCNC(=O)OCc2ccccc2)ccc1N. The molecule has 0 aliphatic carbocycles. The van der Waals surface area contributed by atoms with Crippen LogP contribution in [0.1, 0.15) is 34.8 Å². The average Bonchev–Trinajstić information content (AvgIpc) is 2.68. The van der Waals surface area contributed by atoms with Gasteiger partial charge in [0.05, 0.1) is 12.2 Å². The second-order valence-corrected chi connectivity index (χ2v) is 5.75. The third-order valence-corrected chi connectivity index (χ3v) is 3.68. The summed E-state index contributed by atoms with van der Waals surface area (Å²) in [6.07, 6.45) is 3.93. The smallest absolute Gasteiger partial charge is 0.407 e. The van der Waals surface area contributed by atoms with Crippen LogP contribution in [-0.4, -0.2) is 25.2 Å². The van der Waals surface area contributed by atoms with Crippen LogP contribution in [0.2, 0.25) is 0 Å². The third kappa shape index (κ3) is 6.86. The Morgan fingerprint density at radius 2 is 1.89 bits per heavy atom. The predicted molar refractivity (Wildman–Crippen MR) is 105 cm³/mol. The fourth-order valence-electron chi connectivity index (χ4n) is 2.31. The lowest BCUT2D eigenvalue weighted by atomic mass is 10.1. The summed E-state index contributed by atoms with van der Waals surface area (Å²) in [7, 11) is 0. The van der Waals surface area contributed by atoms with E-state index in [-0.39, 0.29) is 6.61 Å².